The van der Waals surface area contributed by atoms with Gasteiger partial charge in [-0.05, 0) is 63.2 Å². The molecule has 0 aliphatic carbocycles. The van der Waals surface area contributed by atoms with Gasteiger partial charge in [0.2, 0.25) is 0 Å². The number of nitrogens with zero attached hydrogens (tertiary/aromatic N) is 2. The zero-order chi connectivity index (χ0) is 19.5. The first-order valence-corrected chi connectivity index (χ1v) is 10.2. The van der Waals surface area contributed by atoms with Crippen LogP contribution >= 0.6 is 12.2 Å². The Hall–Kier alpha value is -2.66. The van der Waals surface area contributed by atoms with Crippen molar-refractivity contribution in [2.24, 2.45) is 0 Å². The lowest BCUT2D eigenvalue weighted by Crippen LogP contribution is -2.46. The second-order valence-electron chi connectivity index (χ2n) is 7.53. The number of anilines is 2. The number of thiocarbonyl (C=S) groups is 1. The molecule has 2 N–H and O–H groups in total. The lowest BCUT2D eigenvalue weighted by Gasteiger charge is -2.35. The summed E-state index contributed by atoms with van der Waals surface area (Å²) in [6, 6.07) is 19.3. The minimum atomic E-state index is 0.399. The van der Waals surface area contributed by atoms with E-state index in [1.807, 2.05) is 0 Å². The monoisotopic (exact) mass is 390 g/mol. The first kappa shape index (κ1) is 18.7. The van der Waals surface area contributed by atoms with Crippen molar-refractivity contribution < 1.29 is 0 Å². The molecule has 144 valence electrons. The van der Waals surface area contributed by atoms with E-state index in [1.165, 1.54) is 16.6 Å². The van der Waals surface area contributed by atoms with Crippen molar-refractivity contribution in [1.82, 2.24) is 10.3 Å². The predicted molar refractivity (Wildman–Crippen MR) is 122 cm³/mol. The van der Waals surface area contributed by atoms with E-state index < -0.39 is 0 Å². The van der Waals surface area contributed by atoms with Gasteiger partial charge in [-0.25, -0.2) is 0 Å². The second-order valence-corrected chi connectivity index (χ2v) is 7.93. The van der Waals surface area contributed by atoms with E-state index in [4.69, 9.17) is 12.2 Å². The van der Waals surface area contributed by atoms with Crippen LogP contribution in [0.2, 0.25) is 0 Å². The maximum absolute atomic E-state index is 5.51. The van der Waals surface area contributed by atoms with Gasteiger partial charge in [-0.3, -0.25) is 4.98 Å². The molecule has 0 radical (unpaired) electrons. The minimum Gasteiger partial charge on any atom is -0.371 e. The molecule has 3 aromatic rings. The zero-order valence-corrected chi connectivity index (χ0v) is 17.2. The van der Waals surface area contributed by atoms with Gasteiger partial charge in [0, 0.05) is 41.6 Å². The van der Waals surface area contributed by atoms with Crippen LogP contribution in [0.15, 0.2) is 54.6 Å². The fraction of sp³-hybridized carbons (Fsp3) is 0.304. The summed E-state index contributed by atoms with van der Waals surface area (Å²) >= 11 is 5.51. The molecule has 4 rings (SSSR count). The Kier molecular flexibility index (Phi) is 5.44. The zero-order valence-electron chi connectivity index (χ0n) is 16.4. The van der Waals surface area contributed by atoms with Gasteiger partial charge in [-0.15, -0.1) is 0 Å². The number of piperidine rings is 1. The van der Waals surface area contributed by atoms with Crippen LogP contribution in [0.4, 0.5) is 11.4 Å². The highest BCUT2D eigenvalue weighted by atomic mass is 32.1. The second kappa shape index (κ2) is 8.15. The molecule has 1 aliphatic rings. The van der Waals surface area contributed by atoms with Gasteiger partial charge in [-0.1, -0.05) is 35.9 Å². The van der Waals surface area contributed by atoms with E-state index in [2.05, 4.69) is 89.0 Å². The first-order chi connectivity index (χ1) is 13.6. The number of para-hydroxylation sites is 1. The lowest BCUT2D eigenvalue weighted by molar-refractivity contribution is 0.468. The van der Waals surface area contributed by atoms with Crippen molar-refractivity contribution >= 4 is 39.6 Å². The smallest absolute Gasteiger partial charge is 0.170 e. The maximum atomic E-state index is 5.51. The molecule has 0 saturated carbocycles. The number of aryl methyl sites for hydroxylation is 2. The molecule has 1 saturated heterocycles. The molecule has 1 aliphatic heterocycles. The van der Waals surface area contributed by atoms with Crippen LogP contribution < -0.4 is 15.5 Å². The minimum absolute atomic E-state index is 0.399. The van der Waals surface area contributed by atoms with Crippen LogP contribution in [0, 0.1) is 13.8 Å². The number of hydrogen-bond acceptors (Lipinski definition) is 3. The molecule has 28 heavy (non-hydrogen) atoms. The van der Waals surface area contributed by atoms with Gasteiger partial charge < -0.3 is 15.5 Å². The summed E-state index contributed by atoms with van der Waals surface area (Å²) in [5.74, 6) is 0. The summed E-state index contributed by atoms with van der Waals surface area (Å²) in [4.78, 5) is 7.14. The quantitative estimate of drug-likeness (QED) is 0.628. The fourth-order valence-corrected chi connectivity index (χ4v) is 4.09. The number of hydrogen-bond donors (Lipinski definition) is 2. The number of benzene rings is 2. The van der Waals surface area contributed by atoms with Crippen molar-refractivity contribution in [2.75, 3.05) is 23.3 Å². The average Bonchev–Trinajstić information content (AvgIpc) is 2.70. The molecule has 1 fully saturated rings. The summed E-state index contributed by atoms with van der Waals surface area (Å²) in [6.45, 7) is 6.18. The van der Waals surface area contributed by atoms with E-state index in [1.54, 1.807) is 0 Å². The van der Waals surface area contributed by atoms with Crippen LogP contribution in [0.1, 0.15) is 24.1 Å². The third-order valence-electron chi connectivity index (χ3n) is 5.30. The number of fused-ring (bicyclic) bond motifs is 1. The Balaban J connectivity index is 1.37. The van der Waals surface area contributed by atoms with Crippen LogP contribution in [-0.2, 0) is 0 Å². The summed E-state index contributed by atoms with van der Waals surface area (Å²) in [7, 11) is 0. The van der Waals surface area contributed by atoms with E-state index in [0.29, 0.717) is 11.2 Å². The standard InChI is InChI=1S/C23H26N4S/c1-16-7-9-18(10-8-16)25-23(28)26-19-11-13-27(14-12-19)22-15-17(2)24-21-6-4-3-5-20(21)22/h3-10,15,19H,11-14H2,1-2H3,(H2,25,26,28). The summed E-state index contributed by atoms with van der Waals surface area (Å²) in [6.07, 6.45) is 2.12. The summed E-state index contributed by atoms with van der Waals surface area (Å²) < 4.78 is 0. The topological polar surface area (TPSA) is 40.2 Å². The molecular formula is C23H26N4S. The highest BCUT2D eigenvalue weighted by Gasteiger charge is 2.21. The molecule has 0 amide bonds. The van der Waals surface area contributed by atoms with Crippen LogP contribution in [0.3, 0.4) is 0 Å². The highest BCUT2D eigenvalue weighted by Crippen LogP contribution is 2.29. The van der Waals surface area contributed by atoms with Crippen molar-refractivity contribution in [3.05, 3.63) is 65.9 Å². The van der Waals surface area contributed by atoms with Crippen molar-refractivity contribution in [1.29, 1.82) is 0 Å². The molecule has 0 unspecified atom stereocenters. The van der Waals surface area contributed by atoms with Gasteiger partial charge in [0.15, 0.2) is 5.11 Å². The Morgan fingerprint density at radius 3 is 2.50 bits per heavy atom. The van der Waals surface area contributed by atoms with Crippen LogP contribution in [-0.4, -0.2) is 29.2 Å². The molecule has 0 bridgehead atoms. The third-order valence-corrected chi connectivity index (χ3v) is 5.52. The maximum Gasteiger partial charge on any atom is 0.170 e. The number of aromatic nitrogens is 1. The van der Waals surface area contributed by atoms with Gasteiger partial charge in [0.1, 0.15) is 0 Å². The Labute approximate surface area is 172 Å². The average molecular weight is 391 g/mol. The first-order valence-electron chi connectivity index (χ1n) is 9.84. The van der Waals surface area contributed by atoms with Crippen LogP contribution in [0.25, 0.3) is 10.9 Å². The predicted octanol–water partition coefficient (Wildman–Crippen LogP) is 4.81. The number of rotatable bonds is 3. The molecular weight excluding hydrogens is 364 g/mol. The number of pyridine rings is 1. The molecule has 2 heterocycles. The number of nitrogens with one attached hydrogen (secondary N) is 2. The van der Waals surface area contributed by atoms with Crippen molar-refractivity contribution in [3.8, 4) is 0 Å². The highest BCUT2D eigenvalue weighted by molar-refractivity contribution is 7.80. The van der Waals surface area contributed by atoms with E-state index >= 15 is 0 Å². The molecule has 4 nitrogen and oxygen atoms in total. The van der Waals surface area contributed by atoms with Gasteiger partial charge >= 0.3 is 0 Å². The van der Waals surface area contributed by atoms with Gasteiger partial charge in [-0.2, -0.15) is 0 Å². The molecule has 0 spiro atoms. The Morgan fingerprint density at radius 2 is 1.75 bits per heavy atom. The van der Waals surface area contributed by atoms with E-state index in [-0.39, 0.29) is 0 Å². The summed E-state index contributed by atoms with van der Waals surface area (Å²) in [5.41, 5.74) is 5.70. The van der Waals surface area contributed by atoms with Crippen LogP contribution in [0.5, 0.6) is 0 Å². The molecule has 0 atom stereocenters. The Morgan fingerprint density at radius 1 is 1.04 bits per heavy atom. The largest absolute Gasteiger partial charge is 0.371 e. The van der Waals surface area contributed by atoms with Gasteiger partial charge in [0.25, 0.3) is 0 Å². The van der Waals surface area contributed by atoms with Crippen molar-refractivity contribution in [3.63, 3.8) is 0 Å². The summed E-state index contributed by atoms with van der Waals surface area (Å²) in [5, 5.41) is 8.71. The molecule has 2 aromatic carbocycles. The molecule has 1 aromatic heterocycles. The van der Waals surface area contributed by atoms with Crippen molar-refractivity contribution in [2.45, 2.75) is 32.7 Å². The van der Waals surface area contributed by atoms with Gasteiger partial charge in [0.05, 0.1) is 5.52 Å². The Bertz CT molecular complexity index is 976. The van der Waals surface area contributed by atoms with E-state index in [9.17, 15) is 0 Å². The normalized spacial score (nSPS) is 14.9. The third kappa shape index (κ3) is 4.25. The van der Waals surface area contributed by atoms with E-state index in [0.717, 1.165) is 42.8 Å². The SMILES string of the molecule is Cc1ccc(NC(=S)NC2CCN(c3cc(C)nc4ccccc34)CC2)cc1. The lowest BCUT2D eigenvalue weighted by atomic mass is 10.0. The fourth-order valence-electron chi connectivity index (χ4n) is 3.80. The molecule has 5 heteroatoms.